The van der Waals surface area contributed by atoms with Crippen molar-refractivity contribution in [3.8, 4) is 0 Å². The van der Waals surface area contributed by atoms with Crippen molar-refractivity contribution in [2.24, 2.45) is 13.0 Å². The first-order chi connectivity index (χ1) is 14.1. The maximum Gasteiger partial charge on any atom is 0.254 e. The molecule has 0 aliphatic rings. The smallest absolute Gasteiger partial charge is 0.254 e. The van der Waals surface area contributed by atoms with Gasteiger partial charge in [0.1, 0.15) is 6.54 Å². The van der Waals surface area contributed by atoms with Crippen molar-refractivity contribution in [2.45, 2.75) is 46.7 Å². The number of carbonyl (C=O) groups excluding carboxylic acids is 2. The fourth-order valence-electron chi connectivity index (χ4n) is 3.24. The molecule has 1 unspecified atom stereocenters. The summed E-state index contributed by atoms with van der Waals surface area (Å²) >= 11 is 12.1. The van der Waals surface area contributed by atoms with E-state index in [4.69, 9.17) is 23.2 Å². The fraction of sp³-hybridized carbons (Fsp3) is 0.478. The van der Waals surface area contributed by atoms with Crippen molar-refractivity contribution in [1.29, 1.82) is 0 Å². The Morgan fingerprint density at radius 3 is 2.33 bits per heavy atom. The zero-order chi connectivity index (χ0) is 22.4. The number of rotatable bonds is 9. The summed E-state index contributed by atoms with van der Waals surface area (Å²) in [7, 11) is 1.96. The molecular weight excluding hydrogens is 421 g/mol. The SMILES string of the molecule is CCC(C)N(CC(=O)N(Cc1cccn1C)CC(C)C)C(=O)c1ccc(Cl)c(Cl)c1. The second kappa shape index (κ2) is 10.9. The van der Waals surface area contributed by atoms with Gasteiger partial charge in [0.25, 0.3) is 5.91 Å². The summed E-state index contributed by atoms with van der Waals surface area (Å²) in [5.74, 6) is 0.0234. The standard InChI is InChI=1S/C23H31Cl2N3O2/c1-6-17(4)28(23(30)18-9-10-20(24)21(25)12-18)15-22(29)27(13-16(2)3)14-19-8-7-11-26(19)5/h7-12,16-17H,6,13-15H2,1-5H3. The van der Waals surface area contributed by atoms with Crippen LogP contribution in [0.2, 0.25) is 10.0 Å². The van der Waals surface area contributed by atoms with Crippen LogP contribution in [0, 0.1) is 5.92 Å². The van der Waals surface area contributed by atoms with E-state index in [0.717, 1.165) is 12.1 Å². The predicted octanol–water partition coefficient (Wildman–Crippen LogP) is 5.26. The summed E-state index contributed by atoms with van der Waals surface area (Å²) < 4.78 is 2.01. The van der Waals surface area contributed by atoms with Gasteiger partial charge in [-0.05, 0) is 49.6 Å². The van der Waals surface area contributed by atoms with Crippen LogP contribution >= 0.6 is 23.2 Å². The average molecular weight is 452 g/mol. The van der Waals surface area contributed by atoms with Gasteiger partial charge in [-0.2, -0.15) is 0 Å². The lowest BCUT2D eigenvalue weighted by Crippen LogP contribution is -2.47. The van der Waals surface area contributed by atoms with E-state index < -0.39 is 0 Å². The Balaban J connectivity index is 2.25. The van der Waals surface area contributed by atoms with Crippen LogP contribution in [-0.2, 0) is 18.4 Å². The Morgan fingerprint density at radius 1 is 1.10 bits per heavy atom. The monoisotopic (exact) mass is 451 g/mol. The number of nitrogens with zero attached hydrogens (tertiary/aromatic N) is 3. The number of carbonyl (C=O) groups is 2. The van der Waals surface area contributed by atoms with Crippen LogP contribution in [0.25, 0.3) is 0 Å². The Kier molecular flexibility index (Phi) is 8.80. The van der Waals surface area contributed by atoms with E-state index in [-0.39, 0.29) is 24.4 Å². The van der Waals surface area contributed by atoms with Gasteiger partial charge in [-0.3, -0.25) is 9.59 Å². The molecular formula is C23H31Cl2N3O2. The van der Waals surface area contributed by atoms with Crippen molar-refractivity contribution in [3.05, 3.63) is 57.8 Å². The first kappa shape index (κ1) is 24.3. The number of aryl methyl sites for hydroxylation is 1. The molecule has 164 valence electrons. The minimum Gasteiger partial charge on any atom is -0.353 e. The van der Waals surface area contributed by atoms with Crippen LogP contribution in [0.5, 0.6) is 0 Å². The maximum atomic E-state index is 13.3. The van der Waals surface area contributed by atoms with Crippen LogP contribution in [-0.4, -0.2) is 45.3 Å². The molecule has 1 heterocycles. The summed E-state index contributed by atoms with van der Waals surface area (Å²) in [6, 6.07) is 8.69. The van der Waals surface area contributed by atoms with Gasteiger partial charge in [0.15, 0.2) is 0 Å². The summed E-state index contributed by atoms with van der Waals surface area (Å²) in [6.45, 7) is 9.27. The lowest BCUT2D eigenvalue weighted by molar-refractivity contribution is -0.133. The molecule has 0 bridgehead atoms. The molecule has 5 nitrogen and oxygen atoms in total. The summed E-state index contributed by atoms with van der Waals surface area (Å²) in [6.07, 6.45) is 2.70. The lowest BCUT2D eigenvalue weighted by atomic mass is 10.1. The zero-order valence-corrected chi connectivity index (χ0v) is 19.9. The van der Waals surface area contributed by atoms with Crippen LogP contribution in [0.1, 0.15) is 50.2 Å². The number of halogens is 2. The number of hydrogen-bond acceptors (Lipinski definition) is 2. The van der Waals surface area contributed by atoms with E-state index in [1.807, 2.05) is 48.7 Å². The first-order valence-electron chi connectivity index (χ1n) is 10.3. The van der Waals surface area contributed by atoms with Crippen LogP contribution in [0.4, 0.5) is 0 Å². The fourth-order valence-corrected chi connectivity index (χ4v) is 3.54. The van der Waals surface area contributed by atoms with Gasteiger partial charge >= 0.3 is 0 Å². The topological polar surface area (TPSA) is 45.6 Å². The third-order valence-corrected chi connectivity index (χ3v) is 5.94. The lowest BCUT2D eigenvalue weighted by Gasteiger charge is -2.32. The minimum atomic E-state index is -0.223. The van der Waals surface area contributed by atoms with Gasteiger partial charge in [0.2, 0.25) is 5.91 Å². The summed E-state index contributed by atoms with van der Waals surface area (Å²) in [5, 5.41) is 0.716. The number of aromatic nitrogens is 1. The summed E-state index contributed by atoms with van der Waals surface area (Å²) in [5.41, 5.74) is 1.48. The van der Waals surface area contributed by atoms with Crippen molar-refractivity contribution in [1.82, 2.24) is 14.4 Å². The molecule has 1 aromatic heterocycles. The highest BCUT2D eigenvalue weighted by atomic mass is 35.5. The van der Waals surface area contributed by atoms with Crippen molar-refractivity contribution in [2.75, 3.05) is 13.1 Å². The molecule has 2 aromatic rings. The van der Waals surface area contributed by atoms with Crippen molar-refractivity contribution >= 4 is 35.0 Å². The average Bonchev–Trinajstić information content (AvgIpc) is 3.10. The number of amides is 2. The van der Waals surface area contributed by atoms with Crippen molar-refractivity contribution in [3.63, 3.8) is 0 Å². The van der Waals surface area contributed by atoms with Gasteiger partial charge in [0, 0.05) is 37.1 Å². The molecule has 0 aliphatic carbocycles. The van der Waals surface area contributed by atoms with E-state index in [1.54, 1.807) is 23.1 Å². The molecule has 1 aromatic carbocycles. The van der Waals surface area contributed by atoms with E-state index >= 15 is 0 Å². The Bertz CT molecular complexity index is 879. The second-order valence-electron chi connectivity index (χ2n) is 8.10. The molecule has 0 aliphatic heterocycles. The van der Waals surface area contributed by atoms with Gasteiger partial charge in [0.05, 0.1) is 16.6 Å². The molecule has 7 heteroatoms. The van der Waals surface area contributed by atoms with Gasteiger partial charge in [-0.1, -0.05) is 44.0 Å². The quantitative estimate of drug-likeness (QED) is 0.521. The van der Waals surface area contributed by atoms with E-state index in [0.29, 0.717) is 34.6 Å². The van der Waals surface area contributed by atoms with Crippen LogP contribution < -0.4 is 0 Å². The maximum absolute atomic E-state index is 13.3. The largest absolute Gasteiger partial charge is 0.353 e. The zero-order valence-electron chi connectivity index (χ0n) is 18.4. The third kappa shape index (κ3) is 6.26. The van der Waals surface area contributed by atoms with E-state index in [9.17, 15) is 9.59 Å². The molecule has 0 radical (unpaired) electrons. The normalized spacial score (nSPS) is 12.1. The second-order valence-corrected chi connectivity index (χ2v) is 8.91. The molecule has 1 atom stereocenters. The van der Waals surface area contributed by atoms with E-state index in [2.05, 4.69) is 13.8 Å². The molecule has 0 saturated heterocycles. The number of benzene rings is 1. The van der Waals surface area contributed by atoms with E-state index in [1.165, 1.54) is 0 Å². The van der Waals surface area contributed by atoms with Gasteiger partial charge in [-0.15, -0.1) is 0 Å². The molecule has 30 heavy (non-hydrogen) atoms. The molecule has 0 fully saturated rings. The Morgan fingerprint density at radius 2 is 1.80 bits per heavy atom. The van der Waals surface area contributed by atoms with Crippen molar-refractivity contribution < 1.29 is 9.59 Å². The number of hydrogen-bond donors (Lipinski definition) is 0. The van der Waals surface area contributed by atoms with Crippen LogP contribution in [0.15, 0.2) is 36.5 Å². The third-order valence-electron chi connectivity index (χ3n) is 5.20. The summed E-state index contributed by atoms with van der Waals surface area (Å²) in [4.78, 5) is 29.9. The molecule has 0 N–H and O–H groups in total. The Labute approximate surface area is 189 Å². The minimum absolute atomic E-state index is 0.0191. The van der Waals surface area contributed by atoms with Crippen LogP contribution in [0.3, 0.4) is 0 Å². The van der Waals surface area contributed by atoms with Gasteiger partial charge in [-0.25, -0.2) is 0 Å². The van der Waals surface area contributed by atoms with Gasteiger partial charge < -0.3 is 14.4 Å². The first-order valence-corrected chi connectivity index (χ1v) is 11.0. The highest BCUT2D eigenvalue weighted by Gasteiger charge is 2.26. The molecule has 2 rings (SSSR count). The molecule has 0 saturated carbocycles. The molecule has 0 spiro atoms. The predicted molar refractivity (Wildman–Crippen MR) is 123 cm³/mol. The Hall–Kier alpha value is -1.98. The highest BCUT2D eigenvalue weighted by Crippen LogP contribution is 2.24. The molecule has 2 amide bonds. The highest BCUT2D eigenvalue weighted by molar-refractivity contribution is 6.42.